The van der Waals surface area contributed by atoms with Crippen molar-refractivity contribution < 1.29 is 19.0 Å². The van der Waals surface area contributed by atoms with Gasteiger partial charge in [-0.3, -0.25) is 4.90 Å². The lowest BCUT2D eigenvalue weighted by Gasteiger charge is -2.20. The smallest absolute Gasteiger partial charge is 0.251 e. The zero-order valence-corrected chi connectivity index (χ0v) is 11.3. The first-order valence-electron chi connectivity index (χ1n) is 5.94. The lowest BCUT2D eigenvalue weighted by Crippen LogP contribution is -2.31. The molecule has 1 aromatic heterocycles. The summed E-state index contributed by atoms with van der Waals surface area (Å²) in [5, 5.41) is 19.4. The van der Waals surface area contributed by atoms with Gasteiger partial charge >= 0.3 is 0 Å². The van der Waals surface area contributed by atoms with Crippen LogP contribution in [0, 0.1) is 11.8 Å². The second kappa shape index (κ2) is 8.99. The minimum absolute atomic E-state index is 0.00842. The Morgan fingerprint density at radius 2 is 2.11 bits per heavy atom. The summed E-state index contributed by atoms with van der Waals surface area (Å²) in [4.78, 5) is 2.41. The molecule has 106 valence electrons. The molecule has 1 heterocycles. The molecule has 1 aromatic rings. The van der Waals surface area contributed by atoms with Gasteiger partial charge in [-0.1, -0.05) is 11.8 Å². The van der Waals surface area contributed by atoms with E-state index in [-0.39, 0.29) is 26.3 Å². The van der Waals surface area contributed by atoms with Gasteiger partial charge in [0.15, 0.2) is 0 Å². The summed E-state index contributed by atoms with van der Waals surface area (Å²) in [5.41, 5.74) is 0.802. The minimum atomic E-state index is -2.42. The van der Waals surface area contributed by atoms with Crippen LogP contribution in [0.2, 0.25) is 0 Å². The summed E-state index contributed by atoms with van der Waals surface area (Å²) >= 11 is 1.46. The van der Waals surface area contributed by atoms with Gasteiger partial charge in [0.1, 0.15) is 0 Å². The molecular weight excluding hydrogens is 272 g/mol. The maximum Gasteiger partial charge on any atom is 0.251 e. The average molecular weight is 289 g/mol. The number of alkyl halides is 2. The number of nitrogens with zero attached hydrogens (tertiary/aromatic N) is 1. The molecule has 2 N–H and O–H groups in total. The molecule has 0 fully saturated rings. The fourth-order valence-electron chi connectivity index (χ4n) is 1.56. The van der Waals surface area contributed by atoms with E-state index in [4.69, 9.17) is 10.2 Å². The van der Waals surface area contributed by atoms with Gasteiger partial charge in [-0.2, -0.15) is 0 Å². The average Bonchev–Trinajstić information content (AvgIpc) is 2.76. The zero-order valence-electron chi connectivity index (χ0n) is 10.5. The van der Waals surface area contributed by atoms with Crippen molar-refractivity contribution in [3.05, 3.63) is 21.9 Å². The third-order valence-corrected chi connectivity index (χ3v) is 3.29. The number of thiophene rings is 1. The second-order valence-electron chi connectivity index (χ2n) is 3.88. The summed E-state index contributed by atoms with van der Waals surface area (Å²) in [7, 11) is 0. The molecule has 0 saturated carbocycles. The number of aliphatic hydroxyl groups excluding tert-OH is 2. The van der Waals surface area contributed by atoms with Gasteiger partial charge in [0.05, 0.1) is 19.8 Å². The van der Waals surface area contributed by atoms with Crippen molar-refractivity contribution in [1.29, 1.82) is 0 Å². The summed E-state index contributed by atoms with van der Waals surface area (Å²) < 4.78 is 24.8. The third kappa shape index (κ3) is 6.12. The SMILES string of the molecule is OCCC#Cc1ccsc1CN(CCO)CC(F)F. The Kier molecular flexibility index (Phi) is 7.60. The molecule has 0 aliphatic heterocycles. The van der Waals surface area contributed by atoms with Crippen molar-refractivity contribution in [3.8, 4) is 11.8 Å². The Morgan fingerprint density at radius 1 is 1.32 bits per heavy atom. The van der Waals surface area contributed by atoms with Crippen LogP contribution in [0.1, 0.15) is 16.9 Å². The molecule has 3 nitrogen and oxygen atoms in total. The van der Waals surface area contributed by atoms with Crippen LogP contribution in [0.4, 0.5) is 8.78 Å². The number of halogens is 2. The van der Waals surface area contributed by atoms with Gasteiger partial charge in [0, 0.05) is 30.0 Å². The van der Waals surface area contributed by atoms with Crippen LogP contribution < -0.4 is 0 Å². The lowest BCUT2D eigenvalue weighted by molar-refractivity contribution is 0.0751. The summed E-state index contributed by atoms with van der Waals surface area (Å²) in [5.74, 6) is 5.73. The highest BCUT2D eigenvalue weighted by molar-refractivity contribution is 7.10. The fraction of sp³-hybridized carbons (Fsp3) is 0.538. The predicted octanol–water partition coefficient (Wildman–Crippen LogP) is 1.54. The van der Waals surface area contributed by atoms with E-state index >= 15 is 0 Å². The highest BCUT2D eigenvalue weighted by Crippen LogP contribution is 2.18. The van der Waals surface area contributed by atoms with Crippen LogP contribution in [0.15, 0.2) is 11.4 Å². The van der Waals surface area contributed by atoms with Crippen LogP contribution in [-0.2, 0) is 6.54 Å². The topological polar surface area (TPSA) is 43.7 Å². The molecule has 0 aromatic carbocycles. The maximum atomic E-state index is 12.4. The van der Waals surface area contributed by atoms with Gasteiger partial charge in [-0.25, -0.2) is 8.78 Å². The molecule has 0 aliphatic carbocycles. The normalized spacial score (nSPS) is 10.8. The Bertz CT molecular complexity index is 426. The Balaban J connectivity index is 2.69. The van der Waals surface area contributed by atoms with E-state index in [1.165, 1.54) is 16.2 Å². The first-order valence-corrected chi connectivity index (χ1v) is 6.82. The monoisotopic (exact) mass is 289 g/mol. The molecule has 0 amide bonds. The number of aliphatic hydroxyl groups is 2. The van der Waals surface area contributed by atoms with E-state index in [1.807, 2.05) is 11.4 Å². The van der Waals surface area contributed by atoms with Gasteiger partial charge in [0.2, 0.25) is 0 Å². The van der Waals surface area contributed by atoms with E-state index < -0.39 is 6.43 Å². The van der Waals surface area contributed by atoms with Crippen molar-refractivity contribution in [1.82, 2.24) is 4.90 Å². The maximum absolute atomic E-state index is 12.4. The number of rotatable bonds is 7. The summed E-state index contributed by atoms with van der Waals surface area (Å²) in [6, 6.07) is 1.84. The minimum Gasteiger partial charge on any atom is -0.395 e. The molecule has 0 unspecified atom stereocenters. The largest absolute Gasteiger partial charge is 0.395 e. The van der Waals surface area contributed by atoms with Gasteiger partial charge in [-0.15, -0.1) is 11.3 Å². The zero-order chi connectivity index (χ0) is 14.1. The predicted molar refractivity (Wildman–Crippen MR) is 71.3 cm³/mol. The molecule has 6 heteroatoms. The molecule has 0 saturated heterocycles. The Labute approximate surface area is 115 Å². The first-order chi connectivity index (χ1) is 9.17. The number of hydrogen-bond donors (Lipinski definition) is 2. The molecule has 0 atom stereocenters. The van der Waals surface area contributed by atoms with Crippen LogP contribution in [0.3, 0.4) is 0 Å². The van der Waals surface area contributed by atoms with E-state index in [2.05, 4.69) is 11.8 Å². The van der Waals surface area contributed by atoms with Crippen molar-refractivity contribution in [2.75, 3.05) is 26.3 Å². The molecule has 0 bridgehead atoms. The molecule has 19 heavy (non-hydrogen) atoms. The van der Waals surface area contributed by atoms with Crippen LogP contribution >= 0.6 is 11.3 Å². The third-order valence-electron chi connectivity index (χ3n) is 2.38. The van der Waals surface area contributed by atoms with Gasteiger partial charge in [-0.05, 0) is 11.4 Å². The lowest BCUT2D eigenvalue weighted by atomic mass is 10.2. The molecule has 1 rings (SSSR count). The number of hydrogen-bond acceptors (Lipinski definition) is 4. The standard InChI is InChI=1S/C13H17F2NO2S/c14-13(15)10-16(5-7-18)9-12-11(4-8-19-12)3-1-2-6-17/h4,8,13,17-18H,2,5-7,9-10H2. The summed E-state index contributed by atoms with van der Waals surface area (Å²) in [6.07, 6.45) is -2.03. The summed E-state index contributed by atoms with van der Waals surface area (Å²) in [6.45, 7) is 0.0670. The van der Waals surface area contributed by atoms with Crippen LogP contribution in [0.5, 0.6) is 0 Å². The second-order valence-corrected chi connectivity index (χ2v) is 4.88. The highest BCUT2D eigenvalue weighted by atomic mass is 32.1. The van der Waals surface area contributed by atoms with Gasteiger partial charge in [0.25, 0.3) is 6.43 Å². The molecule has 0 spiro atoms. The van der Waals surface area contributed by atoms with Crippen molar-refractivity contribution in [2.45, 2.75) is 19.4 Å². The quantitative estimate of drug-likeness (QED) is 0.748. The Morgan fingerprint density at radius 3 is 2.74 bits per heavy atom. The Hall–Kier alpha value is -1.00. The molecule has 0 aliphatic rings. The van der Waals surface area contributed by atoms with Crippen molar-refractivity contribution in [2.24, 2.45) is 0 Å². The van der Waals surface area contributed by atoms with E-state index in [1.54, 1.807) is 0 Å². The van der Waals surface area contributed by atoms with E-state index in [0.717, 1.165) is 10.4 Å². The van der Waals surface area contributed by atoms with Crippen LogP contribution in [0.25, 0.3) is 0 Å². The molecule has 0 radical (unpaired) electrons. The van der Waals surface area contributed by atoms with Crippen LogP contribution in [-0.4, -0.2) is 47.8 Å². The van der Waals surface area contributed by atoms with Gasteiger partial charge < -0.3 is 10.2 Å². The fourth-order valence-corrected chi connectivity index (χ4v) is 2.43. The first kappa shape index (κ1) is 16.1. The highest BCUT2D eigenvalue weighted by Gasteiger charge is 2.14. The van der Waals surface area contributed by atoms with Crippen molar-refractivity contribution >= 4 is 11.3 Å². The molecular formula is C13H17F2NO2S. The van der Waals surface area contributed by atoms with E-state index in [0.29, 0.717) is 13.0 Å². The van der Waals surface area contributed by atoms with Crippen molar-refractivity contribution in [3.63, 3.8) is 0 Å². The van der Waals surface area contributed by atoms with E-state index in [9.17, 15) is 8.78 Å².